The van der Waals surface area contributed by atoms with Crippen molar-refractivity contribution in [2.75, 3.05) is 12.3 Å². The van der Waals surface area contributed by atoms with E-state index in [1.807, 2.05) is 0 Å². The Hall–Kier alpha value is -1.71. The molecule has 1 aromatic rings. The lowest BCUT2D eigenvalue weighted by Crippen LogP contribution is -2.14. The van der Waals surface area contributed by atoms with Gasteiger partial charge in [-0.3, -0.25) is 4.79 Å². The lowest BCUT2D eigenvalue weighted by Gasteiger charge is -2.11. The van der Waals surface area contributed by atoms with Gasteiger partial charge in [-0.25, -0.2) is 0 Å². The van der Waals surface area contributed by atoms with Crippen molar-refractivity contribution in [3.8, 4) is 5.75 Å². The molecule has 88 valence electrons. The van der Waals surface area contributed by atoms with E-state index in [2.05, 4.69) is 13.8 Å². The summed E-state index contributed by atoms with van der Waals surface area (Å²) in [6, 6.07) is 5.04. The number of hydrogen-bond donors (Lipinski definition) is 2. The molecule has 0 aromatic heterocycles. The number of nitrogens with two attached hydrogens (primary N) is 2. The largest absolute Gasteiger partial charge is 0.491 e. The van der Waals surface area contributed by atoms with Gasteiger partial charge in [-0.15, -0.1) is 0 Å². The van der Waals surface area contributed by atoms with Crippen LogP contribution in [0.15, 0.2) is 18.2 Å². The van der Waals surface area contributed by atoms with Crippen molar-refractivity contribution in [1.82, 2.24) is 0 Å². The lowest BCUT2D eigenvalue weighted by atomic mass is 10.1. The molecule has 0 atom stereocenters. The Morgan fingerprint density at radius 1 is 1.44 bits per heavy atom. The Balaban J connectivity index is 2.73. The molecule has 16 heavy (non-hydrogen) atoms. The van der Waals surface area contributed by atoms with Crippen molar-refractivity contribution in [2.45, 2.75) is 20.3 Å². The number of carbonyl (C=O) groups excluding carboxylic acids is 1. The molecule has 1 amide bonds. The molecule has 0 bridgehead atoms. The molecule has 0 fully saturated rings. The molecule has 0 heterocycles. The maximum Gasteiger partial charge on any atom is 0.250 e. The fourth-order valence-corrected chi connectivity index (χ4v) is 1.29. The molecule has 0 saturated carbocycles. The number of amides is 1. The van der Waals surface area contributed by atoms with Crippen LogP contribution in [0.3, 0.4) is 0 Å². The smallest absolute Gasteiger partial charge is 0.250 e. The van der Waals surface area contributed by atoms with Crippen LogP contribution in [0.4, 0.5) is 5.69 Å². The third-order valence-corrected chi connectivity index (χ3v) is 2.28. The highest BCUT2D eigenvalue weighted by Crippen LogP contribution is 2.25. The van der Waals surface area contributed by atoms with E-state index >= 15 is 0 Å². The van der Waals surface area contributed by atoms with Crippen LogP contribution in [0.2, 0.25) is 0 Å². The summed E-state index contributed by atoms with van der Waals surface area (Å²) in [4.78, 5) is 11.0. The number of benzene rings is 1. The lowest BCUT2D eigenvalue weighted by molar-refractivity contribution is 0.100. The van der Waals surface area contributed by atoms with Gasteiger partial charge in [0.15, 0.2) is 0 Å². The summed E-state index contributed by atoms with van der Waals surface area (Å²) in [7, 11) is 0. The van der Waals surface area contributed by atoms with Crippen molar-refractivity contribution >= 4 is 11.6 Å². The molecule has 0 aliphatic carbocycles. The van der Waals surface area contributed by atoms with Gasteiger partial charge < -0.3 is 16.2 Å². The number of primary amides is 1. The average Bonchev–Trinajstić information content (AvgIpc) is 2.19. The van der Waals surface area contributed by atoms with Gasteiger partial charge in [-0.05, 0) is 24.5 Å². The van der Waals surface area contributed by atoms with Crippen LogP contribution in [-0.4, -0.2) is 12.5 Å². The highest BCUT2D eigenvalue weighted by Gasteiger charge is 2.10. The third-order valence-electron chi connectivity index (χ3n) is 2.28. The first-order valence-electron chi connectivity index (χ1n) is 5.33. The van der Waals surface area contributed by atoms with Crippen LogP contribution in [0.5, 0.6) is 5.75 Å². The number of hydrogen-bond acceptors (Lipinski definition) is 3. The van der Waals surface area contributed by atoms with Crippen LogP contribution in [0.1, 0.15) is 30.6 Å². The standard InChI is InChI=1S/C12H18N2O2/c1-8(2)6-7-16-10-5-3-4-9(11(10)13)12(14)15/h3-5,8H,6-7,13H2,1-2H3,(H2,14,15). The van der Waals surface area contributed by atoms with Crippen molar-refractivity contribution in [3.05, 3.63) is 23.8 Å². The third kappa shape index (κ3) is 3.15. The molecule has 0 aliphatic heterocycles. The summed E-state index contributed by atoms with van der Waals surface area (Å²) in [5.41, 5.74) is 11.6. The van der Waals surface area contributed by atoms with Gasteiger partial charge in [0.1, 0.15) is 5.75 Å². The summed E-state index contributed by atoms with van der Waals surface area (Å²) < 4.78 is 5.51. The quantitative estimate of drug-likeness (QED) is 0.745. The second-order valence-electron chi connectivity index (χ2n) is 4.11. The van der Waals surface area contributed by atoms with Crippen molar-refractivity contribution in [1.29, 1.82) is 0 Å². The monoisotopic (exact) mass is 222 g/mol. The van der Waals surface area contributed by atoms with E-state index in [1.54, 1.807) is 18.2 Å². The van der Waals surface area contributed by atoms with E-state index in [0.717, 1.165) is 6.42 Å². The molecule has 4 nitrogen and oxygen atoms in total. The van der Waals surface area contributed by atoms with Gasteiger partial charge in [0, 0.05) is 0 Å². The molecule has 0 aliphatic rings. The van der Waals surface area contributed by atoms with Gasteiger partial charge >= 0.3 is 0 Å². The number of anilines is 1. The summed E-state index contributed by atoms with van der Waals surface area (Å²) in [6.07, 6.45) is 0.945. The first-order valence-corrected chi connectivity index (χ1v) is 5.33. The van der Waals surface area contributed by atoms with Crippen molar-refractivity contribution in [2.24, 2.45) is 11.7 Å². The van der Waals surface area contributed by atoms with Gasteiger partial charge in [-0.1, -0.05) is 19.9 Å². The maximum absolute atomic E-state index is 11.0. The molecule has 1 aromatic carbocycles. The fourth-order valence-electron chi connectivity index (χ4n) is 1.29. The first-order chi connectivity index (χ1) is 7.52. The molecular weight excluding hydrogens is 204 g/mol. The maximum atomic E-state index is 11.0. The Kier molecular flexibility index (Phi) is 4.17. The molecule has 4 N–H and O–H groups in total. The number of nitrogen functional groups attached to an aromatic ring is 1. The predicted molar refractivity (Wildman–Crippen MR) is 64.3 cm³/mol. The average molecular weight is 222 g/mol. The van der Waals surface area contributed by atoms with Crippen LogP contribution >= 0.6 is 0 Å². The van der Waals surface area contributed by atoms with Crippen LogP contribution < -0.4 is 16.2 Å². The Bertz CT molecular complexity index is 375. The van der Waals surface area contributed by atoms with Gasteiger partial charge in [0.25, 0.3) is 5.91 Å². The van der Waals surface area contributed by atoms with E-state index in [0.29, 0.717) is 29.5 Å². The molecule has 0 radical (unpaired) electrons. The van der Waals surface area contributed by atoms with Crippen LogP contribution in [0.25, 0.3) is 0 Å². The summed E-state index contributed by atoms with van der Waals surface area (Å²) in [6.45, 7) is 4.82. The zero-order chi connectivity index (χ0) is 12.1. The Morgan fingerprint density at radius 2 is 2.12 bits per heavy atom. The van der Waals surface area contributed by atoms with Gasteiger partial charge in [0.2, 0.25) is 0 Å². The second-order valence-corrected chi connectivity index (χ2v) is 4.11. The number of ether oxygens (including phenoxy) is 1. The minimum Gasteiger partial charge on any atom is -0.491 e. The minimum absolute atomic E-state index is 0.307. The van der Waals surface area contributed by atoms with E-state index in [-0.39, 0.29) is 0 Å². The Morgan fingerprint density at radius 3 is 2.69 bits per heavy atom. The second kappa shape index (κ2) is 5.39. The van der Waals surface area contributed by atoms with Crippen LogP contribution in [0, 0.1) is 5.92 Å². The van der Waals surface area contributed by atoms with Crippen LogP contribution in [-0.2, 0) is 0 Å². The molecule has 0 spiro atoms. The summed E-state index contributed by atoms with van der Waals surface area (Å²) in [5, 5.41) is 0. The van der Waals surface area contributed by atoms with E-state index < -0.39 is 5.91 Å². The van der Waals surface area contributed by atoms with Crippen molar-refractivity contribution in [3.63, 3.8) is 0 Å². The molecule has 1 rings (SSSR count). The number of carbonyl (C=O) groups is 1. The highest BCUT2D eigenvalue weighted by molar-refractivity contribution is 5.99. The van der Waals surface area contributed by atoms with E-state index in [9.17, 15) is 4.79 Å². The first kappa shape index (κ1) is 12.4. The van der Waals surface area contributed by atoms with E-state index in [1.165, 1.54) is 0 Å². The molecule has 0 saturated heterocycles. The van der Waals surface area contributed by atoms with E-state index in [4.69, 9.17) is 16.2 Å². The fraction of sp³-hybridized carbons (Fsp3) is 0.417. The van der Waals surface area contributed by atoms with Gasteiger partial charge in [0.05, 0.1) is 17.9 Å². The summed E-state index contributed by atoms with van der Waals surface area (Å²) in [5.74, 6) is 0.560. The van der Waals surface area contributed by atoms with Crippen molar-refractivity contribution < 1.29 is 9.53 Å². The predicted octanol–water partition coefficient (Wildman–Crippen LogP) is 1.79. The molecule has 4 heteroatoms. The number of rotatable bonds is 5. The molecule has 0 unspecified atom stereocenters. The van der Waals surface area contributed by atoms with Gasteiger partial charge in [-0.2, -0.15) is 0 Å². The SMILES string of the molecule is CC(C)CCOc1cccc(C(N)=O)c1N. The number of para-hydroxylation sites is 1. The molecular formula is C12H18N2O2. The zero-order valence-corrected chi connectivity index (χ0v) is 9.69. The normalized spacial score (nSPS) is 10.4. The highest BCUT2D eigenvalue weighted by atomic mass is 16.5. The zero-order valence-electron chi connectivity index (χ0n) is 9.69. The summed E-state index contributed by atoms with van der Waals surface area (Å²) >= 11 is 0. The Labute approximate surface area is 95.6 Å². The minimum atomic E-state index is -0.535. The topological polar surface area (TPSA) is 78.3 Å².